The number of nitrogens with two attached hydrogens (primary N) is 1. The minimum absolute atomic E-state index is 0.205. The molecule has 0 radical (unpaired) electrons. The third-order valence-corrected chi connectivity index (χ3v) is 5.38. The molecule has 1 unspecified atom stereocenters. The van der Waals surface area contributed by atoms with Crippen molar-refractivity contribution in [3.63, 3.8) is 0 Å². The Bertz CT molecular complexity index is 656. The second-order valence-electron chi connectivity index (χ2n) is 3.63. The van der Waals surface area contributed by atoms with Gasteiger partial charge in [-0.3, -0.25) is 4.79 Å². The Labute approximate surface area is 119 Å². The predicted octanol–water partition coefficient (Wildman–Crippen LogP) is 1.34. The van der Waals surface area contributed by atoms with Gasteiger partial charge in [0.15, 0.2) is 9.84 Å². The standard InChI is InChI=1S/C10H9Cl2NO5S/c1-4(9(13)14)19(17,18)6-3-2-5(11)7(8(6)12)10(15)16/h2-4H,1H3,(H2,13,14)(H,15,16). The molecule has 0 bridgehead atoms. The van der Waals surface area contributed by atoms with Gasteiger partial charge >= 0.3 is 5.97 Å². The molecule has 0 aliphatic heterocycles. The summed E-state index contributed by atoms with van der Waals surface area (Å²) >= 11 is 11.4. The van der Waals surface area contributed by atoms with Gasteiger partial charge in [0.2, 0.25) is 5.91 Å². The smallest absolute Gasteiger partial charge is 0.338 e. The van der Waals surface area contributed by atoms with E-state index in [0.29, 0.717) is 0 Å². The van der Waals surface area contributed by atoms with Crippen molar-refractivity contribution in [2.75, 3.05) is 0 Å². The van der Waals surface area contributed by atoms with E-state index in [0.717, 1.165) is 19.1 Å². The summed E-state index contributed by atoms with van der Waals surface area (Å²) < 4.78 is 24.1. The number of sulfone groups is 1. The van der Waals surface area contributed by atoms with E-state index in [1.807, 2.05) is 0 Å². The molecule has 1 atom stereocenters. The molecule has 0 aliphatic rings. The van der Waals surface area contributed by atoms with E-state index in [-0.39, 0.29) is 5.02 Å². The fourth-order valence-corrected chi connectivity index (χ4v) is 3.44. The fourth-order valence-electron chi connectivity index (χ4n) is 1.29. The van der Waals surface area contributed by atoms with E-state index in [4.69, 9.17) is 34.0 Å². The van der Waals surface area contributed by atoms with E-state index in [1.165, 1.54) is 0 Å². The summed E-state index contributed by atoms with van der Waals surface area (Å²) in [4.78, 5) is 21.4. The lowest BCUT2D eigenvalue weighted by molar-refractivity contribution is -0.117. The van der Waals surface area contributed by atoms with Crippen molar-refractivity contribution in [3.8, 4) is 0 Å². The maximum absolute atomic E-state index is 12.1. The number of aromatic carboxylic acids is 1. The van der Waals surface area contributed by atoms with Gasteiger partial charge in [-0.2, -0.15) is 0 Å². The quantitative estimate of drug-likeness (QED) is 0.866. The van der Waals surface area contributed by atoms with Crippen LogP contribution in [0.4, 0.5) is 0 Å². The molecule has 1 rings (SSSR count). The highest BCUT2D eigenvalue weighted by molar-refractivity contribution is 7.92. The highest BCUT2D eigenvalue weighted by Crippen LogP contribution is 2.32. The Hall–Kier alpha value is -1.31. The van der Waals surface area contributed by atoms with Crippen molar-refractivity contribution in [2.45, 2.75) is 17.1 Å². The normalized spacial score (nSPS) is 13.0. The van der Waals surface area contributed by atoms with Crippen molar-refractivity contribution in [1.29, 1.82) is 0 Å². The Morgan fingerprint density at radius 3 is 2.26 bits per heavy atom. The van der Waals surface area contributed by atoms with Gasteiger partial charge in [-0.25, -0.2) is 13.2 Å². The van der Waals surface area contributed by atoms with Crippen LogP contribution in [0.2, 0.25) is 10.0 Å². The molecular weight excluding hydrogens is 317 g/mol. The van der Waals surface area contributed by atoms with Gasteiger partial charge in [0, 0.05) is 0 Å². The van der Waals surface area contributed by atoms with Crippen molar-refractivity contribution in [2.24, 2.45) is 5.73 Å². The lowest BCUT2D eigenvalue weighted by atomic mass is 10.2. The molecule has 0 spiro atoms. The average molecular weight is 326 g/mol. The van der Waals surface area contributed by atoms with E-state index in [1.54, 1.807) is 0 Å². The number of hydrogen-bond acceptors (Lipinski definition) is 4. The van der Waals surface area contributed by atoms with Gasteiger partial charge in [0.1, 0.15) is 5.25 Å². The molecule has 1 aromatic rings. The zero-order valence-electron chi connectivity index (χ0n) is 9.55. The zero-order valence-corrected chi connectivity index (χ0v) is 11.9. The van der Waals surface area contributed by atoms with Crippen molar-refractivity contribution >= 4 is 44.9 Å². The second-order valence-corrected chi connectivity index (χ2v) is 6.65. The van der Waals surface area contributed by atoms with Gasteiger partial charge in [-0.05, 0) is 19.1 Å². The molecule has 0 fully saturated rings. The predicted molar refractivity (Wildman–Crippen MR) is 69.3 cm³/mol. The number of carbonyl (C=O) groups excluding carboxylic acids is 1. The SMILES string of the molecule is CC(C(N)=O)S(=O)(=O)c1ccc(Cl)c(C(=O)O)c1Cl. The van der Waals surface area contributed by atoms with Crippen molar-refractivity contribution in [3.05, 3.63) is 27.7 Å². The van der Waals surface area contributed by atoms with Gasteiger partial charge < -0.3 is 10.8 Å². The third kappa shape index (κ3) is 2.83. The van der Waals surface area contributed by atoms with Crippen LogP contribution in [-0.4, -0.2) is 30.7 Å². The molecule has 6 nitrogen and oxygen atoms in total. The summed E-state index contributed by atoms with van der Waals surface area (Å²) in [7, 11) is -4.17. The summed E-state index contributed by atoms with van der Waals surface area (Å²) in [5.74, 6) is -2.54. The van der Waals surface area contributed by atoms with Crippen LogP contribution in [0, 0.1) is 0 Å². The van der Waals surface area contributed by atoms with Gasteiger partial charge in [0.25, 0.3) is 0 Å². The Balaban J connectivity index is 3.59. The van der Waals surface area contributed by atoms with Gasteiger partial charge in [-0.1, -0.05) is 23.2 Å². The molecule has 0 saturated heterocycles. The minimum Gasteiger partial charge on any atom is -0.478 e. The second kappa shape index (κ2) is 5.36. The molecule has 0 aliphatic carbocycles. The largest absolute Gasteiger partial charge is 0.478 e. The van der Waals surface area contributed by atoms with E-state index in [2.05, 4.69) is 0 Å². The van der Waals surface area contributed by atoms with Gasteiger partial charge in [0.05, 0.1) is 20.5 Å². The molecule has 1 aromatic carbocycles. The first-order valence-corrected chi connectivity index (χ1v) is 7.15. The van der Waals surface area contributed by atoms with Crippen LogP contribution in [0.3, 0.4) is 0 Å². The number of rotatable bonds is 4. The number of primary amides is 1. The molecular formula is C10H9Cl2NO5S. The number of benzene rings is 1. The number of carboxylic acids is 1. The molecule has 0 aromatic heterocycles. The number of carboxylic acid groups (broad SMARTS) is 1. The van der Waals surface area contributed by atoms with Gasteiger partial charge in [-0.15, -0.1) is 0 Å². The molecule has 9 heteroatoms. The topological polar surface area (TPSA) is 115 Å². The van der Waals surface area contributed by atoms with E-state index in [9.17, 15) is 18.0 Å². The Morgan fingerprint density at radius 1 is 1.32 bits per heavy atom. The number of hydrogen-bond donors (Lipinski definition) is 2. The monoisotopic (exact) mass is 325 g/mol. The molecule has 0 saturated carbocycles. The minimum atomic E-state index is -4.17. The highest BCUT2D eigenvalue weighted by atomic mass is 35.5. The van der Waals surface area contributed by atoms with E-state index < -0.39 is 42.4 Å². The first kappa shape index (κ1) is 15.7. The number of halogens is 2. The summed E-state index contributed by atoms with van der Waals surface area (Å²) in [6, 6.07) is 2.11. The summed E-state index contributed by atoms with van der Waals surface area (Å²) in [6.07, 6.45) is 0. The van der Waals surface area contributed by atoms with Crippen molar-refractivity contribution < 1.29 is 23.1 Å². The maximum Gasteiger partial charge on any atom is 0.338 e. The molecule has 3 N–H and O–H groups in total. The summed E-state index contributed by atoms with van der Waals surface area (Å²) in [5, 5.41) is 6.64. The number of amides is 1. The summed E-state index contributed by atoms with van der Waals surface area (Å²) in [5.41, 5.74) is 4.39. The van der Waals surface area contributed by atoms with Crippen LogP contribution in [0.25, 0.3) is 0 Å². The lowest BCUT2D eigenvalue weighted by Crippen LogP contribution is -2.33. The lowest BCUT2D eigenvalue weighted by Gasteiger charge is -2.12. The highest BCUT2D eigenvalue weighted by Gasteiger charge is 2.32. The summed E-state index contributed by atoms with van der Waals surface area (Å²) in [6.45, 7) is 1.09. The third-order valence-electron chi connectivity index (χ3n) is 2.44. The van der Waals surface area contributed by atoms with Crippen LogP contribution in [0.5, 0.6) is 0 Å². The van der Waals surface area contributed by atoms with Crippen LogP contribution in [0.1, 0.15) is 17.3 Å². The molecule has 104 valence electrons. The van der Waals surface area contributed by atoms with E-state index >= 15 is 0 Å². The number of carbonyl (C=O) groups is 2. The van der Waals surface area contributed by atoms with Crippen LogP contribution in [-0.2, 0) is 14.6 Å². The van der Waals surface area contributed by atoms with Crippen LogP contribution in [0.15, 0.2) is 17.0 Å². The van der Waals surface area contributed by atoms with Crippen LogP contribution >= 0.6 is 23.2 Å². The Morgan fingerprint density at radius 2 is 1.84 bits per heavy atom. The Kier molecular flexibility index (Phi) is 4.44. The fraction of sp³-hybridized carbons (Fsp3) is 0.200. The maximum atomic E-state index is 12.1. The molecule has 19 heavy (non-hydrogen) atoms. The van der Waals surface area contributed by atoms with Crippen LogP contribution < -0.4 is 5.73 Å². The average Bonchev–Trinajstić information content (AvgIpc) is 2.26. The van der Waals surface area contributed by atoms with Crippen molar-refractivity contribution in [1.82, 2.24) is 0 Å². The first-order valence-electron chi connectivity index (χ1n) is 4.85. The zero-order chi connectivity index (χ0) is 15.0. The molecule has 0 heterocycles. The molecule has 1 amide bonds. The first-order chi connectivity index (χ1) is 8.60.